The molecule has 8 aromatic rings. The van der Waals surface area contributed by atoms with Crippen LogP contribution in [0.3, 0.4) is 0 Å². The first-order valence-electron chi connectivity index (χ1n) is 13.1. The Morgan fingerprint density at radius 3 is 1.50 bits per heavy atom. The highest BCUT2D eigenvalue weighted by Crippen LogP contribution is 2.39. The summed E-state index contributed by atoms with van der Waals surface area (Å²) in [7, 11) is 0. The fourth-order valence-electron chi connectivity index (χ4n) is 5.56. The van der Waals surface area contributed by atoms with E-state index in [4.69, 9.17) is 4.98 Å². The van der Waals surface area contributed by atoms with Crippen LogP contribution in [0.2, 0.25) is 0 Å². The van der Waals surface area contributed by atoms with Crippen LogP contribution in [0, 0.1) is 0 Å². The van der Waals surface area contributed by atoms with Gasteiger partial charge in [0.25, 0.3) is 0 Å². The molecule has 0 radical (unpaired) electrons. The van der Waals surface area contributed by atoms with Crippen molar-refractivity contribution in [3.63, 3.8) is 0 Å². The SMILES string of the molecule is c1ccc2c(-c3cc(-c4ccc5cncnc5c4)nc(-c4ccc5cncnc5c4)c3)c3ccccc3cc2c1. The molecule has 0 saturated heterocycles. The van der Waals surface area contributed by atoms with Crippen LogP contribution in [0.15, 0.2) is 128 Å². The van der Waals surface area contributed by atoms with Crippen molar-refractivity contribution in [2.45, 2.75) is 0 Å². The summed E-state index contributed by atoms with van der Waals surface area (Å²) in [4.78, 5) is 22.5. The Kier molecular flexibility index (Phi) is 5.07. The second-order valence-corrected chi connectivity index (χ2v) is 9.91. The highest BCUT2D eigenvalue weighted by Gasteiger charge is 2.15. The minimum atomic E-state index is 0.882. The predicted octanol–water partition coefficient (Wildman–Crippen LogP) is 8.28. The summed E-state index contributed by atoms with van der Waals surface area (Å²) in [6, 6.07) is 36.3. The first-order valence-corrected chi connectivity index (χ1v) is 13.1. The van der Waals surface area contributed by atoms with E-state index < -0.39 is 0 Å². The summed E-state index contributed by atoms with van der Waals surface area (Å²) in [5.74, 6) is 0. The van der Waals surface area contributed by atoms with Gasteiger partial charge in [-0.05, 0) is 63.0 Å². The molecule has 0 unspecified atom stereocenters. The van der Waals surface area contributed by atoms with Crippen LogP contribution in [0.25, 0.3) is 77.0 Å². The third-order valence-corrected chi connectivity index (χ3v) is 7.49. The molecule has 0 aliphatic carbocycles. The van der Waals surface area contributed by atoms with Crippen molar-refractivity contribution in [3.8, 4) is 33.6 Å². The van der Waals surface area contributed by atoms with Crippen molar-refractivity contribution < 1.29 is 0 Å². The molecule has 186 valence electrons. The van der Waals surface area contributed by atoms with Gasteiger partial charge in [-0.1, -0.05) is 72.8 Å². The molecule has 5 heteroatoms. The van der Waals surface area contributed by atoms with Gasteiger partial charge in [0.05, 0.1) is 22.4 Å². The molecular weight excluding hydrogens is 490 g/mol. The molecule has 0 fully saturated rings. The molecular formula is C35H21N5. The van der Waals surface area contributed by atoms with Crippen LogP contribution in [0.5, 0.6) is 0 Å². The monoisotopic (exact) mass is 511 g/mol. The van der Waals surface area contributed by atoms with Gasteiger partial charge in [0.2, 0.25) is 0 Å². The maximum absolute atomic E-state index is 5.19. The van der Waals surface area contributed by atoms with Crippen molar-refractivity contribution in [3.05, 3.63) is 128 Å². The lowest BCUT2D eigenvalue weighted by Crippen LogP contribution is -1.94. The maximum Gasteiger partial charge on any atom is 0.116 e. The van der Waals surface area contributed by atoms with Gasteiger partial charge in [-0.15, -0.1) is 0 Å². The Hall–Kier alpha value is -5.55. The van der Waals surface area contributed by atoms with Gasteiger partial charge in [-0.25, -0.2) is 24.9 Å². The van der Waals surface area contributed by atoms with Crippen LogP contribution in [-0.4, -0.2) is 24.9 Å². The first kappa shape index (κ1) is 22.4. The number of hydrogen-bond donors (Lipinski definition) is 0. The molecule has 0 N–H and O–H groups in total. The molecule has 3 aromatic heterocycles. The smallest absolute Gasteiger partial charge is 0.116 e. The van der Waals surface area contributed by atoms with Crippen molar-refractivity contribution in [1.29, 1.82) is 0 Å². The Morgan fingerprint density at radius 1 is 0.425 bits per heavy atom. The molecule has 3 heterocycles. The zero-order valence-electron chi connectivity index (χ0n) is 21.4. The molecule has 0 atom stereocenters. The van der Waals surface area contributed by atoms with E-state index in [0.717, 1.165) is 49.9 Å². The number of benzene rings is 5. The number of aromatic nitrogens is 5. The molecule has 0 saturated carbocycles. The quantitative estimate of drug-likeness (QED) is 0.223. The molecule has 0 aliphatic heterocycles. The highest BCUT2D eigenvalue weighted by atomic mass is 14.8. The van der Waals surface area contributed by atoms with E-state index >= 15 is 0 Å². The van der Waals surface area contributed by atoms with Crippen molar-refractivity contribution >= 4 is 43.4 Å². The highest BCUT2D eigenvalue weighted by molar-refractivity contribution is 6.13. The average molecular weight is 512 g/mol. The third-order valence-electron chi connectivity index (χ3n) is 7.49. The number of hydrogen-bond acceptors (Lipinski definition) is 5. The van der Waals surface area contributed by atoms with Crippen LogP contribution < -0.4 is 0 Å². The summed E-state index contributed by atoms with van der Waals surface area (Å²) in [6.07, 6.45) is 6.84. The molecule has 5 aromatic carbocycles. The Morgan fingerprint density at radius 2 is 0.950 bits per heavy atom. The zero-order valence-corrected chi connectivity index (χ0v) is 21.4. The summed E-state index contributed by atoms with van der Waals surface area (Å²) < 4.78 is 0. The van der Waals surface area contributed by atoms with Gasteiger partial charge in [-0.3, -0.25) is 0 Å². The number of rotatable bonds is 3. The Labute approximate surface area is 229 Å². The molecule has 8 rings (SSSR count). The minimum absolute atomic E-state index is 0.882. The minimum Gasteiger partial charge on any atom is -0.248 e. The van der Waals surface area contributed by atoms with Crippen molar-refractivity contribution in [1.82, 2.24) is 24.9 Å². The van der Waals surface area contributed by atoms with Crippen molar-refractivity contribution in [2.75, 3.05) is 0 Å². The van der Waals surface area contributed by atoms with E-state index in [1.807, 2.05) is 12.4 Å². The molecule has 0 bridgehead atoms. The lowest BCUT2D eigenvalue weighted by molar-refractivity contribution is 1.22. The van der Waals surface area contributed by atoms with E-state index in [1.165, 1.54) is 27.1 Å². The topological polar surface area (TPSA) is 64.5 Å². The van der Waals surface area contributed by atoms with Gasteiger partial charge in [0.15, 0.2) is 0 Å². The fraction of sp³-hybridized carbons (Fsp3) is 0. The summed E-state index contributed by atoms with van der Waals surface area (Å²) in [5.41, 5.74) is 7.85. The van der Waals surface area contributed by atoms with E-state index in [2.05, 4.69) is 123 Å². The average Bonchev–Trinajstić information content (AvgIpc) is 3.03. The Bertz CT molecular complexity index is 2090. The summed E-state index contributed by atoms with van der Waals surface area (Å²) in [6.45, 7) is 0. The molecule has 40 heavy (non-hydrogen) atoms. The molecule has 0 aliphatic rings. The summed E-state index contributed by atoms with van der Waals surface area (Å²) >= 11 is 0. The van der Waals surface area contributed by atoms with Crippen LogP contribution in [0.1, 0.15) is 0 Å². The van der Waals surface area contributed by atoms with Crippen molar-refractivity contribution in [2.24, 2.45) is 0 Å². The number of pyridine rings is 1. The van der Waals surface area contributed by atoms with Gasteiger partial charge in [0, 0.05) is 34.3 Å². The molecule has 0 amide bonds. The summed E-state index contributed by atoms with van der Waals surface area (Å²) in [5, 5.41) is 6.83. The first-order chi connectivity index (χ1) is 19.8. The predicted molar refractivity (Wildman–Crippen MR) is 162 cm³/mol. The van der Waals surface area contributed by atoms with Gasteiger partial charge in [0.1, 0.15) is 12.7 Å². The van der Waals surface area contributed by atoms with Gasteiger partial charge >= 0.3 is 0 Å². The van der Waals surface area contributed by atoms with E-state index in [-0.39, 0.29) is 0 Å². The van der Waals surface area contributed by atoms with E-state index in [9.17, 15) is 0 Å². The zero-order chi connectivity index (χ0) is 26.5. The van der Waals surface area contributed by atoms with E-state index in [1.54, 1.807) is 12.7 Å². The van der Waals surface area contributed by atoms with Gasteiger partial charge < -0.3 is 0 Å². The van der Waals surface area contributed by atoms with Crippen LogP contribution >= 0.6 is 0 Å². The van der Waals surface area contributed by atoms with Gasteiger partial charge in [-0.2, -0.15) is 0 Å². The third kappa shape index (κ3) is 3.76. The van der Waals surface area contributed by atoms with Crippen LogP contribution in [0.4, 0.5) is 0 Å². The van der Waals surface area contributed by atoms with E-state index in [0.29, 0.717) is 0 Å². The Balaban J connectivity index is 1.44. The lowest BCUT2D eigenvalue weighted by atomic mass is 9.90. The fourth-order valence-corrected chi connectivity index (χ4v) is 5.56. The molecule has 5 nitrogen and oxygen atoms in total. The number of fused-ring (bicyclic) bond motifs is 4. The second-order valence-electron chi connectivity index (χ2n) is 9.91. The maximum atomic E-state index is 5.19. The number of nitrogens with zero attached hydrogens (tertiary/aromatic N) is 5. The van der Waals surface area contributed by atoms with Crippen LogP contribution in [-0.2, 0) is 0 Å². The largest absolute Gasteiger partial charge is 0.248 e. The molecule has 0 spiro atoms. The lowest BCUT2D eigenvalue weighted by Gasteiger charge is -2.15. The normalized spacial score (nSPS) is 11.5. The second kappa shape index (κ2) is 9.03. The standard InChI is InChI=1S/C35H21N5/c1-3-7-29-22(5-1)13-23-6-2-4-8-30(23)35(29)28-16-33(24-9-11-26-18-36-20-38-31(26)14-24)40-34(17-28)25-10-12-27-19-37-21-39-32(27)15-25/h1-21H.